The summed E-state index contributed by atoms with van der Waals surface area (Å²) in [5.41, 5.74) is 1.96. The molecule has 0 saturated carbocycles. The molecule has 3 aromatic rings. The maximum atomic E-state index is 13.0. The number of carbonyl (C=O) groups is 2. The molecular weight excluding hydrogens is 373 g/mol. The van der Waals surface area contributed by atoms with Gasteiger partial charge in [-0.1, -0.05) is 48.5 Å². The van der Waals surface area contributed by atoms with Crippen molar-refractivity contribution in [1.29, 1.82) is 0 Å². The van der Waals surface area contributed by atoms with Crippen molar-refractivity contribution in [2.75, 3.05) is 6.54 Å². The summed E-state index contributed by atoms with van der Waals surface area (Å²) in [5.74, 6) is -1.34. The Kier molecular flexibility index (Phi) is 6.58. The minimum Gasteiger partial charge on any atom is -0.489 e. The standard InChI is InChI=1S/C23H20FNO4/c24-20-11-9-18(10-12-20)16-29-21-8-4-7-19(13-21)23(28)25(15-22(26)27)14-17-5-2-1-3-6-17/h1-13H,14-16H2,(H,26,27). The SMILES string of the molecule is O=C(O)CN(Cc1ccccc1)C(=O)c1cccc(OCc2ccc(F)cc2)c1. The van der Waals surface area contributed by atoms with E-state index in [4.69, 9.17) is 4.74 Å². The summed E-state index contributed by atoms with van der Waals surface area (Å²) in [7, 11) is 0. The van der Waals surface area contributed by atoms with Crippen molar-refractivity contribution in [2.24, 2.45) is 0 Å². The third-order valence-electron chi connectivity index (χ3n) is 4.23. The van der Waals surface area contributed by atoms with Crippen LogP contribution >= 0.6 is 0 Å². The number of halogens is 1. The number of carboxylic acid groups (broad SMARTS) is 1. The lowest BCUT2D eigenvalue weighted by atomic mass is 10.1. The van der Waals surface area contributed by atoms with Crippen molar-refractivity contribution < 1.29 is 23.8 Å². The highest BCUT2D eigenvalue weighted by atomic mass is 19.1. The average molecular weight is 393 g/mol. The van der Waals surface area contributed by atoms with Gasteiger partial charge in [-0.15, -0.1) is 0 Å². The van der Waals surface area contributed by atoms with Gasteiger partial charge in [-0.2, -0.15) is 0 Å². The fourth-order valence-electron chi connectivity index (χ4n) is 2.82. The molecule has 1 N–H and O–H groups in total. The van der Waals surface area contributed by atoms with E-state index < -0.39 is 18.4 Å². The molecule has 6 heteroatoms. The molecule has 0 heterocycles. The predicted octanol–water partition coefficient (Wildman–Crippen LogP) is 4.13. The van der Waals surface area contributed by atoms with Gasteiger partial charge in [-0.3, -0.25) is 9.59 Å². The van der Waals surface area contributed by atoms with Crippen LogP contribution in [0.3, 0.4) is 0 Å². The van der Waals surface area contributed by atoms with Crippen LogP contribution in [0.4, 0.5) is 4.39 Å². The second-order valence-electron chi connectivity index (χ2n) is 6.48. The van der Waals surface area contributed by atoms with Crippen molar-refractivity contribution in [1.82, 2.24) is 4.90 Å². The third-order valence-corrected chi connectivity index (χ3v) is 4.23. The zero-order chi connectivity index (χ0) is 20.6. The molecule has 0 radical (unpaired) electrons. The molecule has 0 aliphatic heterocycles. The number of carbonyl (C=O) groups excluding carboxylic acids is 1. The second kappa shape index (κ2) is 9.50. The first-order chi connectivity index (χ1) is 14.0. The maximum Gasteiger partial charge on any atom is 0.323 e. The summed E-state index contributed by atoms with van der Waals surface area (Å²) in [6, 6.07) is 21.7. The van der Waals surface area contributed by atoms with Crippen LogP contribution in [0.2, 0.25) is 0 Å². The molecule has 0 fully saturated rings. The average Bonchev–Trinajstić information content (AvgIpc) is 2.73. The molecule has 0 aromatic heterocycles. The summed E-state index contributed by atoms with van der Waals surface area (Å²) in [6.45, 7) is 0.00179. The van der Waals surface area contributed by atoms with Crippen LogP contribution in [0.1, 0.15) is 21.5 Å². The van der Waals surface area contributed by atoms with E-state index in [2.05, 4.69) is 0 Å². The number of aliphatic carboxylic acids is 1. The monoisotopic (exact) mass is 393 g/mol. The van der Waals surface area contributed by atoms with Crippen LogP contribution in [0.15, 0.2) is 78.9 Å². The quantitative estimate of drug-likeness (QED) is 0.625. The van der Waals surface area contributed by atoms with Crippen molar-refractivity contribution >= 4 is 11.9 Å². The molecule has 5 nitrogen and oxygen atoms in total. The Morgan fingerprint density at radius 2 is 1.62 bits per heavy atom. The van der Waals surface area contributed by atoms with Gasteiger partial charge in [-0.25, -0.2) is 4.39 Å². The van der Waals surface area contributed by atoms with Gasteiger partial charge in [-0.05, 0) is 41.5 Å². The third kappa shape index (κ3) is 5.90. The fraction of sp³-hybridized carbons (Fsp3) is 0.130. The number of ether oxygens (including phenoxy) is 1. The molecule has 3 aromatic carbocycles. The number of carboxylic acids is 1. The number of hydrogen-bond acceptors (Lipinski definition) is 3. The van der Waals surface area contributed by atoms with E-state index in [-0.39, 0.29) is 19.0 Å². The molecule has 29 heavy (non-hydrogen) atoms. The molecule has 0 aliphatic carbocycles. The highest BCUT2D eigenvalue weighted by Gasteiger charge is 2.19. The number of amides is 1. The van der Waals surface area contributed by atoms with Crippen molar-refractivity contribution in [3.8, 4) is 5.75 Å². The fourth-order valence-corrected chi connectivity index (χ4v) is 2.82. The van der Waals surface area contributed by atoms with Crippen LogP contribution in [-0.2, 0) is 17.9 Å². The zero-order valence-corrected chi connectivity index (χ0v) is 15.6. The summed E-state index contributed by atoms with van der Waals surface area (Å²) in [4.78, 5) is 25.4. The molecule has 0 unspecified atom stereocenters. The molecule has 0 bridgehead atoms. The van der Waals surface area contributed by atoms with Gasteiger partial charge in [0, 0.05) is 12.1 Å². The first-order valence-corrected chi connectivity index (χ1v) is 9.03. The highest BCUT2D eigenvalue weighted by molar-refractivity contribution is 5.96. The van der Waals surface area contributed by atoms with E-state index in [0.717, 1.165) is 11.1 Å². The van der Waals surface area contributed by atoms with E-state index in [1.165, 1.54) is 17.0 Å². The van der Waals surface area contributed by atoms with Gasteiger partial charge < -0.3 is 14.7 Å². The zero-order valence-electron chi connectivity index (χ0n) is 15.6. The predicted molar refractivity (Wildman–Crippen MR) is 106 cm³/mol. The minimum atomic E-state index is -1.09. The van der Waals surface area contributed by atoms with Crippen LogP contribution in [0.5, 0.6) is 5.75 Å². The normalized spacial score (nSPS) is 10.4. The summed E-state index contributed by atoms with van der Waals surface area (Å²) in [6.07, 6.45) is 0. The molecule has 148 valence electrons. The van der Waals surface area contributed by atoms with Gasteiger partial charge in [0.15, 0.2) is 0 Å². The Labute approximate surface area is 168 Å². The summed E-state index contributed by atoms with van der Waals surface area (Å²) >= 11 is 0. The molecule has 1 amide bonds. The Balaban J connectivity index is 1.72. The Morgan fingerprint density at radius 1 is 0.897 bits per heavy atom. The Bertz CT molecular complexity index is 974. The topological polar surface area (TPSA) is 66.8 Å². The molecule has 0 saturated heterocycles. The highest BCUT2D eigenvalue weighted by Crippen LogP contribution is 2.18. The molecule has 3 rings (SSSR count). The van der Waals surface area contributed by atoms with E-state index in [1.807, 2.05) is 30.3 Å². The first kappa shape index (κ1) is 20.1. The van der Waals surface area contributed by atoms with E-state index >= 15 is 0 Å². The molecular formula is C23H20FNO4. The molecule has 0 atom stereocenters. The first-order valence-electron chi connectivity index (χ1n) is 9.03. The Hall–Kier alpha value is -3.67. The van der Waals surface area contributed by atoms with Crippen molar-refractivity contribution in [3.05, 3.63) is 101 Å². The Morgan fingerprint density at radius 3 is 2.31 bits per heavy atom. The summed E-state index contributed by atoms with van der Waals surface area (Å²) in [5, 5.41) is 9.20. The second-order valence-corrected chi connectivity index (χ2v) is 6.48. The summed E-state index contributed by atoms with van der Waals surface area (Å²) < 4.78 is 18.7. The maximum absolute atomic E-state index is 13.0. The lowest BCUT2D eigenvalue weighted by Gasteiger charge is -2.21. The van der Waals surface area contributed by atoms with Gasteiger partial charge >= 0.3 is 5.97 Å². The van der Waals surface area contributed by atoms with Crippen LogP contribution < -0.4 is 4.74 Å². The lowest BCUT2D eigenvalue weighted by molar-refractivity contribution is -0.137. The van der Waals surface area contributed by atoms with Crippen molar-refractivity contribution in [2.45, 2.75) is 13.2 Å². The number of hydrogen-bond donors (Lipinski definition) is 1. The largest absolute Gasteiger partial charge is 0.489 e. The van der Waals surface area contributed by atoms with E-state index in [1.54, 1.807) is 36.4 Å². The van der Waals surface area contributed by atoms with Gasteiger partial charge in [0.25, 0.3) is 5.91 Å². The van der Waals surface area contributed by atoms with Crippen LogP contribution in [-0.4, -0.2) is 28.4 Å². The number of rotatable bonds is 8. The number of nitrogens with zero attached hydrogens (tertiary/aromatic N) is 1. The lowest BCUT2D eigenvalue weighted by Crippen LogP contribution is -2.35. The molecule has 0 aliphatic rings. The van der Waals surface area contributed by atoms with Gasteiger partial charge in [0.2, 0.25) is 0 Å². The smallest absolute Gasteiger partial charge is 0.323 e. The van der Waals surface area contributed by atoms with Gasteiger partial charge in [0.05, 0.1) is 0 Å². The minimum absolute atomic E-state index is 0.187. The van der Waals surface area contributed by atoms with Gasteiger partial charge in [0.1, 0.15) is 24.7 Å². The molecule has 0 spiro atoms. The van der Waals surface area contributed by atoms with Crippen LogP contribution in [0.25, 0.3) is 0 Å². The van der Waals surface area contributed by atoms with E-state index in [0.29, 0.717) is 11.3 Å². The van der Waals surface area contributed by atoms with E-state index in [9.17, 15) is 19.1 Å². The van der Waals surface area contributed by atoms with Crippen molar-refractivity contribution in [3.63, 3.8) is 0 Å². The number of benzene rings is 3. The van der Waals surface area contributed by atoms with Crippen LogP contribution in [0, 0.1) is 5.82 Å².